The van der Waals surface area contributed by atoms with Gasteiger partial charge in [-0.1, -0.05) is 391 Å². The van der Waals surface area contributed by atoms with Crippen molar-refractivity contribution in [1.82, 2.24) is 0 Å². The normalized spacial score (nSPS) is 12.3. The topological polar surface area (TPSA) is 72.8 Å². The van der Waals surface area contributed by atoms with E-state index in [4.69, 9.17) is 9.47 Å². The van der Waals surface area contributed by atoms with Crippen molar-refractivity contribution in [3.8, 4) is 0 Å². The lowest BCUT2D eigenvalue weighted by molar-refractivity contribution is -0.161. The number of unbranched alkanes of at least 4 members (excludes halogenated alkanes) is 59. The van der Waals surface area contributed by atoms with E-state index >= 15 is 0 Å². The second-order valence-electron chi connectivity index (χ2n) is 26.4. The molecule has 0 amide bonds. The van der Waals surface area contributed by atoms with Gasteiger partial charge in [0.1, 0.15) is 6.61 Å². The Morgan fingerprint density at radius 1 is 0.274 bits per heavy atom. The second kappa shape index (κ2) is 75.4. The molecule has 0 aliphatic carbocycles. The third-order valence-corrected chi connectivity index (χ3v) is 17.9. The van der Waals surface area contributed by atoms with Crippen molar-refractivity contribution in [3.05, 3.63) is 36.5 Å². The van der Waals surface area contributed by atoms with Crippen LogP contribution in [0.5, 0.6) is 0 Å². The summed E-state index contributed by atoms with van der Waals surface area (Å²) in [5.41, 5.74) is 0. The summed E-state index contributed by atoms with van der Waals surface area (Å²) in [6.45, 7) is 4.20. The number of carbonyl (C=O) groups excluding carboxylic acids is 2. The molecular weight excluding hydrogens is 1030 g/mol. The first-order valence-corrected chi connectivity index (χ1v) is 38.5. The highest BCUT2D eigenvalue weighted by molar-refractivity contribution is 5.70. The van der Waals surface area contributed by atoms with E-state index < -0.39 is 6.10 Å². The van der Waals surface area contributed by atoms with Crippen LogP contribution in [0.15, 0.2) is 36.5 Å². The average Bonchev–Trinajstić information content (AvgIpc) is 3.51. The van der Waals surface area contributed by atoms with Gasteiger partial charge in [0.05, 0.1) is 6.61 Å². The number of hydrogen-bond donors (Lipinski definition) is 1. The third-order valence-electron chi connectivity index (χ3n) is 17.9. The first kappa shape index (κ1) is 82.1. The molecular formula is C79H150O5. The summed E-state index contributed by atoms with van der Waals surface area (Å²) < 4.78 is 10.8. The number of ether oxygens (including phenoxy) is 2. The molecule has 0 radical (unpaired) electrons. The van der Waals surface area contributed by atoms with Gasteiger partial charge in [-0.3, -0.25) is 9.59 Å². The van der Waals surface area contributed by atoms with Crippen LogP contribution < -0.4 is 0 Å². The zero-order chi connectivity index (χ0) is 60.5. The van der Waals surface area contributed by atoms with Gasteiger partial charge in [-0.15, -0.1) is 0 Å². The Balaban J connectivity index is 3.36. The van der Waals surface area contributed by atoms with Gasteiger partial charge in [0, 0.05) is 12.8 Å². The number of carbonyl (C=O) groups is 2. The number of aliphatic hydroxyl groups is 1. The predicted molar refractivity (Wildman–Crippen MR) is 371 cm³/mol. The van der Waals surface area contributed by atoms with Gasteiger partial charge in [0.15, 0.2) is 6.10 Å². The lowest BCUT2D eigenvalue weighted by atomic mass is 10.0. The minimum absolute atomic E-state index is 0.0582. The molecule has 1 atom stereocenters. The smallest absolute Gasteiger partial charge is 0.306 e. The molecule has 0 heterocycles. The van der Waals surface area contributed by atoms with Crippen molar-refractivity contribution in [2.24, 2.45) is 0 Å². The second-order valence-corrected chi connectivity index (χ2v) is 26.4. The predicted octanol–water partition coefficient (Wildman–Crippen LogP) is 26.9. The first-order chi connectivity index (χ1) is 41.6. The summed E-state index contributed by atoms with van der Waals surface area (Å²) in [6, 6.07) is 0. The summed E-state index contributed by atoms with van der Waals surface area (Å²) in [7, 11) is 0. The number of rotatable bonds is 73. The van der Waals surface area contributed by atoms with E-state index in [1.165, 1.54) is 372 Å². The van der Waals surface area contributed by atoms with Crippen molar-refractivity contribution in [2.45, 2.75) is 444 Å². The summed E-state index contributed by atoms with van der Waals surface area (Å²) in [5.74, 6) is -0.562. The summed E-state index contributed by atoms with van der Waals surface area (Å²) in [4.78, 5) is 24.7. The zero-order valence-corrected chi connectivity index (χ0v) is 57.2. The molecule has 0 aliphatic rings. The molecule has 0 bridgehead atoms. The van der Waals surface area contributed by atoms with Crippen LogP contribution in [-0.4, -0.2) is 36.4 Å². The maximum atomic E-state index is 12.4. The van der Waals surface area contributed by atoms with E-state index in [1.54, 1.807) is 0 Å². The summed E-state index contributed by atoms with van der Waals surface area (Å²) in [6.07, 6.45) is 101. The molecule has 1 N–H and O–H groups in total. The number of esters is 2. The van der Waals surface area contributed by atoms with Gasteiger partial charge in [0.25, 0.3) is 0 Å². The van der Waals surface area contributed by atoms with Crippen LogP contribution in [0.25, 0.3) is 0 Å². The van der Waals surface area contributed by atoms with E-state index in [2.05, 4.69) is 50.3 Å². The van der Waals surface area contributed by atoms with Gasteiger partial charge in [0.2, 0.25) is 0 Å². The molecule has 5 heteroatoms. The molecule has 0 aromatic heterocycles. The molecule has 0 aromatic carbocycles. The van der Waals surface area contributed by atoms with Crippen LogP contribution >= 0.6 is 0 Å². The van der Waals surface area contributed by atoms with Gasteiger partial charge in [-0.25, -0.2) is 0 Å². The third kappa shape index (κ3) is 72.6. The highest BCUT2D eigenvalue weighted by Gasteiger charge is 2.16. The van der Waals surface area contributed by atoms with Crippen molar-refractivity contribution < 1.29 is 24.2 Å². The molecule has 0 rings (SSSR count). The van der Waals surface area contributed by atoms with E-state index in [0.717, 1.165) is 38.5 Å². The standard InChI is InChI=1S/C79H150O5/c1-3-5-7-9-11-13-15-17-19-21-23-25-27-29-31-33-35-37-39-41-43-45-47-49-51-53-55-57-59-61-63-65-67-69-71-73-78(81)83-76-77(75-80)84-79(82)74-72-70-68-66-64-62-60-58-56-54-52-50-48-46-44-42-40-38-36-34-32-30-28-26-24-22-20-18-16-14-12-10-8-6-4-2/h16,18,21-24,77,80H,3-15,17,19-20,25-76H2,1-2H3/b18-16-,23-21-,24-22-. The van der Waals surface area contributed by atoms with E-state index in [-0.39, 0.29) is 25.2 Å². The van der Waals surface area contributed by atoms with Crippen molar-refractivity contribution in [3.63, 3.8) is 0 Å². The Labute approximate surface area is 526 Å². The minimum Gasteiger partial charge on any atom is -0.462 e. The lowest BCUT2D eigenvalue weighted by Gasteiger charge is -2.15. The van der Waals surface area contributed by atoms with E-state index in [1.807, 2.05) is 0 Å². The SMILES string of the molecule is CCCCCCC/C=C\C/C=C\CCCCCCCCCCCCCCCCCCCCCCCCCC(=O)OC(CO)COC(=O)CCCCCCCCCCCCCCCCCCCCCCCCC/C=C\CCCCCCCCCC. The first-order valence-electron chi connectivity index (χ1n) is 38.5. The largest absolute Gasteiger partial charge is 0.462 e. The van der Waals surface area contributed by atoms with E-state index in [0.29, 0.717) is 12.8 Å². The fraction of sp³-hybridized carbons (Fsp3) is 0.899. The molecule has 1 unspecified atom stereocenters. The molecule has 0 fully saturated rings. The van der Waals surface area contributed by atoms with Crippen molar-refractivity contribution in [1.29, 1.82) is 0 Å². The minimum atomic E-state index is -0.769. The molecule has 0 saturated heterocycles. The van der Waals surface area contributed by atoms with Crippen molar-refractivity contribution >= 4 is 11.9 Å². The van der Waals surface area contributed by atoms with Crippen LogP contribution in [-0.2, 0) is 19.1 Å². The van der Waals surface area contributed by atoms with Crippen LogP contribution in [0.2, 0.25) is 0 Å². The quantitative estimate of drug-likeness (QED) is 0.0373. The number of aliphatic hydroxyl groups excluding tert-OH is 1. The maximum absolute atomic E-state index is 12.4. The van der Waals surface area contributed by atoms with Gasteiger partial charge >= 0.3 is 11.9 Å². The maximum Gasteiger partial charge on any atom is 0.306 e. The Morgan fingerprint density at radius 3 is 0.714 bits per heavy atom. The van der Waals surface area contributed by atoms with Gasteiger partial charge in [-0.05, 0) is 70.6 Å². The molecule has 0 saturated carbocycles. The number of hydrogen-bond acceptors (Lipinski definition) is 5. The highest BCUT2D eigenvalue weighted by Crippen LogP contribution is 2.20. The van der Waals surface area contributed by atoms with Gasteiger partial charge < -0.3 is 14.6 Å². The average molecular weight is 1180 g/mol. The highest BCUT2D eigenvalue weighted by atomic mass is 16.6. The Hall–Kier alpha value is -1.88. The van der Waals surface area contributed by atoms with Crippen LogP contribution in [0.1, 0.15) is 438 Å². The zero-order valence-electron chi connectivity index (χ0n) is 57.2. The van der Waals surface area contributed by atoms with Gasteiger partial charge in [-0.2, -0.15) is 0 Å². The lowest BCUT2D eigenvalue weighted by Crippen LogP contribution is -2.28. The van der Waals surface area contributed by atoms with Crippen molar-refractivity contribution in [2.75, 3.05) is 13.2 Å². The fourth-order valence-electron chi connectivity index (χ4n) is 12.1. The van der Waals surface area contributed by atoms with Crippen LogP contribution in [0.4, 0.5) is 0 Å². The Kier molecular flexibility index (Phi) is 73.7. The summed E-state index contributed by atoms with van der Waals surface area (Å²) in [5, 5.41) is 9.72. The molecule has 84 heavy (non-hydrogen) atoms. The molecule has 496 valence electrons. The summed E-state index contributed by atoms with van der Waals surface area (Å²) >= 11 is 0. The fourth-order valence-corrected chi connectivity index (χ4v) is 12.1. The van der Waals surface area contributed by atoms with Crippen LogP contribution in [0.3, 0.4) is 0 Å². The molecule has 0 aromatic rings. The van der Waals surface area contributed by atoms with Crippen LogP contribution in [0, 0.1) is 0 Å². The molecule has 0 aliphatic heterocycles. The monoisotopic (exact) mass is 1180 g/mol. The Bertz CT molecular complexity index is 1340. The number of allylic oxidation sites excluding steroid dienone is 6. The van der Waals surface area contributed by atoms with E-state index in [9.17, 15) is 14.7 Å². The Morgan fingerprint density at radius 2 is 0.476 bits per heavy atom. The molecule has 5 nitrogen and oxygen atoms in total. The molecule has 0 spiro atoms.